The monoisotopic (exact) mass is 296 g/mol. The van der Waals surface area contributed by atoms with Crippen LogP contribution < -0.4 is 11.1 Å². The summed E-state index contributed by atoms with van der Waals surface area (Å²) >= 11 is 3.39. The molecule has 3 nitrogen and oxygen atoms in total. The molecule has 1 saturated carbocycles. The Hall–Kier alpha value is -0.870. The molecular formula is C13H17BrN2O. The first-order valence-electron chi connectivity index (χ1n) is 5.83. The van der Waals surface area contributed by atoms with Gasteiger partial charge in [0.2, 0.25) is 0 Å². The van der Waals surface area contributed by atoms with Crippen molar-refractivity contribution in [1.82, 2.24) is 5.32 Å². The molecule has 4 heteroatoms. The molecule has 0 atom stereocenters. The molecule has 1 aromatic rings. The lowest BCUT2D eigenvalue weighted by Crippen LogP contribution is -2.54. The summed E-state index contributed by atoms with van der Waals surface area (Å²) in [5.74, 6) is -0.0581. The fourth-order valence-corrected chi connectivity index (χ4v) is 2.40. The van der Waals surface area contributed by atoms with Crippen molar-refractivity contribution >= 4 is 21.8 Å². The van der Waals surface area contributed by atoms with Crippen molar-refractivity contribution in [2.45, 2.75) is 31.7 Å². The number of halogens is 1. The van der Waals surface area contributed by atoms with E-state index in [0.29, 0.717) is 12.1 Å². The SMILES string of the molecule is Cc1ccc(Br)c(C(=O)NCC2(N)CCC2)c1. The molecule has 2 rings (SSSR count). The second kappa shape index (κ2) is 4.78. The van der Waals surface area contributed by atoms with E-state index in [1.54, 1.807) is 0 Å². The number of rotatable bonds is 3. The number of nitrogens with two attached hydrogens (primary N) is 1. The van der Waals surface area contributed by atoms with Gasteiger partial charge in [-0.25, -0.2) is 0 Å². The van der Waals surface area contributed by atoms with Crippen LogP contribution >= 0.6 is 15.9 Å². The maximum absolute atomic E-state index is 12.0. The van der Waals surface area contributed by atoms with E-state index >= 15 is 0 Å². The molecule has 0 bridgehead atoms. The zero-order chi connectivity index (χ0) is 12.5. The number of hydrogen-bond acceptors (Lipinski definition) is 2. The molecular weight excluding hydrogens is 280 g/mol. The van der Waals surface area contributed by atoms with E-state index in [4.69, 9.17) is 5.73 Å². The fourth-order valence-electron chi connectivity index (χ4n) is 1.97. The molecule has 0 spiro atoms. The number of hydrogen-bond donors (Lipinski definition) is 2. The first-order valence-corrected chi connectivity index (χ1v) is 6.63. The van der Waals surface area contributed by atoms with Crippen molar-refractivity contribution in [2.24, 2.45) is 5.73 Å². The summed E-state index contributed by atoms with van der Waals surface area (Å²) in [6.45, 7) is 2.53. The van der Waals surface area contributed by atoms with Gasteiger partial charge < -0.3 is 11.1 Å². The normalized spacial score (nSPS) is 17.4. The van der Waals surface area contributed by atoms with Crippen molar-refractivity contribution in [3.8, 4) is 0 Å². The molecule has 92 valence electrons. The summed E-state index contributed by atoms with van der Waals surface area (Å²) in [7, 11) is 0. The molecule has 0 saturated heterocycles. The predicted octanol–water partition coefficient (Wildman–Crippen LogP) is 2.37. The molecule has 0 aliphatic heterocycles. The predicted molar refractivity (Wildman–Crippen MR) is 72.0 cm³/mol. The van der Waals surface area contributed by atoms with Crippen molar-refractivity contribution in [1.29, 1.82) is 0 Å². The molecule has 17 heavy (non-hydrogen) atoms. The third-order valence-electron chi connectivity index (χ3n) is 3.32. The Kier molecular flexibility index (Phi) is 3.54. The number of aryl methyl sites for hydroxylation is 1. The van der Waals surface area contributed by atoms with E-state index < -0.39 is 0 Å². The average molecular weight is 297 g/mol. The molecule has 1 fully saturated rings. The van der Waals surface area contributed by atoms with E-state index in [1.165, 1.54) is 6.42 Å². The van der Waals surface area contributed by atoms with Gasteiger partial charge in [0.15, 0.2) is 0 Å². The summed E-state index contributed by atoms with van der Waals surface area (Å²) in [5.41, 5.74) is 7.64. The highest BCUT2D eigenvalue weighted by molar-refractivity contribution is 9.10. The van der Waals surface area contributed by atoms with Crippen LogP contribution in [0.15, 0.2) is 22.7 Å². The average Bonchev–Trinajstić information content (AvgIpc) is 2.26. The number of nitrogens with one attached hydrogen (secondary N) is 1. The molecule has 0 aromatic heterocycles. The van der Waals surface area contributed by atoms with Gasteiger partial charge in [-0.05, 0) is 54.2 Å². The minimum atomic E-state index is -0.175. The molecule has 1 aromatic carbocycles. The Morgan fingerprint density at radius 2 is 2.24 bits per heavy atom. The minimum absolute atomic E-state index is 0.0581. The molecule has 0 radical (unpaired) electrons. The van der Waals surface area contributed by atoms with Crippen LogP contribution in [0.1, 0.15) is 35.2 Å². The lowest BCUT2D eigenvalue weighted by molar-refractivity contribution is 0.0929. The number of carbonyl (C=O) groups excluding carboxylic acids is 1. The van der Waals surface area contributed by atoms with Gasteiger partial charge in [0.25, 0.3) is 5.91 Å². The Morgan fingerprint density at radius 1 is 1.53 bits per heavy atom. The van der Waals surface area contributed by atoms with Crippen molar-refractivity contribution in [3.63, 3.8) is 0 Å². The van der Waals surface area contributed by atoms with Crippen LogP contribution in [0, 0.1) is 6.92 Å². The first kappa shape index (κ1) is 12.6. The summed E-state index contributed by atoms with van der Waals surface area (Å²) < 4.78 is 0.820. The Labute approximate surface area is 110 Å². The third kappa shape index (κ3) is 2.87. The van der Waals surface area contributed by atoms with Crippen molar-refractivity contribution < 1.29 is 4.79 Å². The van der Waals surface area contributed by atoms with Gasteiger partial charge in [-0.2, -0.15) is 0 Å². The molecule has 3 N–H and O–H groups in total. The first-order chi connectivity index (χ1) is 8.00. The standard InChI is InChI=1S/C13H17BrN2O/c1-9-3-4-11(14)10(7-9)12(17)16-8-13(15)5-2-6-13/h3-4,7H,2,5-6,8,15H2,1H3,(H,16,17). The Balaban J connectivity index is 2.01. The Bertz CT molecular complexity index is 441. The smallest absolute Gasteiger partial charge is 0.252 e. The molecule has 1 aliphatic carbocycles. The number of carbonyl (C=O) groups is 1. The van der Waals surface area contributed by atoms with Gasteiger partial charge in [-0.15, -0.1) is 0 Å². The zero-order valence-electron chi connectivity index (χ0n) is 9.92. The highest BCUT2D eigenvalue weighted by Gasteiger charge is 2.32. The van der Waals surface area contributed by atoms with Crippen LogP contribution in [0.25, 0.3) is 0 Å². The maximum atomic E-state index is 12.0. The summed E-state index contributed by atoms with van der Waals surface area (Å²) in [4.78, 5) is 12.0. The van der Waals surface area contributed by atoms with E-state index in [2.05, 4.69) is 21.2 Å². The largest absolute Gasteiger partial charge is 0.350 e. The van der Waals surface area contributed by atoms with Gasteiger partial charge in [0, 0.05) is 16.6 Å². The van der Waals surface area contributed by atoms with E-state index in [-0.39, 0.29) is 11.4 Å². The quantitative estimate of drug-likeness (QED) is 0.900. The fraction of sp³-hybridized carbons (Fsp3) is 0.462. The highest BCUT2D eigenvalue weighted by atomic mass is 79.9. The van der Waals surface area contributed by atoms with Crippen LogP contribution in [0.4, 0.5) is 0 Å². The summed E-state index contributed by atoms with van der Waals surface area (Å²) in [6.07, 6.45) is 3.17. The zero-order valence-corrected chi connectivity index (χ0v) is 11.5. The van der Waals surface area contributed by atoms with Crippen LogP contribution in [0.3, 0.4) is 0 Å². The van der Waals surface area contributed by atoms with E-state index in [1.807, 2.05) is 25.1 Å². The van der Waals surface area contributed by atoms with E-state index in [0.717, 1.165) is 22.9 Å². The summed E-state index contributed by atoms with van der Waals surface area (Å²) in [5, 5.41) is 2.92. The van der Waals surface area contributed by atoms with Crippen molar-refractivity contribution in [2.75, 3.05) is 6.54 Å². The van der Waals surface area contributed by atoms with Gasteiger partial charge in [0.1, 0.15) is 0 Å². The minimum Gasteiger partial charge on any atom is -0.350 e. The molecule has 0 unspecified atom stereocenters. The van der Waals surface area contributed by atoms with Gasteiger partial charge in [-0.1, -0.05) is 11.6 Å². The topological polar surface area (TPSA) is 55.1 Å². The highest BCUT2D eigenvalue weighted by Crippen LogP contribution is 2.28. The third-order valence-corrected chi connectivity index (χ3v) is 4.01. The van der Waals surface area contributed by atoms with Crippen molar-refractivity contribution in [3.05, 3.63) is 33.8 Å². The molecule has 1 amide bonds. The second-order valence-electron chi connectivity index (χ2n) is 4.88. The van der Waals surface area contributed by atoms with Gasteiger partial charge in [0.05, 0.1) is 5.56 Å². The Morgan fingerprint density at radius 3 is 2.82 bits per heavy atom. The van der Waals surface area contributed by atoms with Crippen LogP contribution in [-0.2, 0) is 0 Å². The van der Waals surface area contributed by atoms with E-state index in [9.17, 15) is 4.79 Å². The number of amides is 1. The van der Waals surface area contributed by atoms with Crippen LogP contribution in [0.5, 0.6) is 0 Å². The van der Waals surface area contributed by atoms with Gasteiger partial charge >= 0.3 is 0 Å². The lowest BCUT2D eigenvalue weighted by Gasteiger charge is -2.38. The second-order valence-corrected chi connectivity index (χ2v) is 5.74. The molecule has 1 aliphatic rings. The van der Waals surface area contributed by atoms with Gasteiger partial charge in [-0.3, -0.25) is 4.79 Å². The summed E-state index contributed by atoms with van der Waals surface area (Å²) in [6, 6.07) is 5.74. The number of benzene rings is 1. The van der Waals surface area contributed by atoms with Crippen LogP contribution in [-0.4, -0.2) is 18.0 Å². The van der Waals surface area contributed by atoms with Crippen LogP contribution in [0.2, 0.25) is 0 Å². The molecule has 0 heterocycles. The lowest BCUT2D eigenvalue weighted by atomic mass is 9.78. The maximum Gasteiger partial charge on any atom is 0.252 e.